The number of anilines is 1. The quantitative estimate of drug-likeness (QED) is 0.233. The van der Waals surface area contributed by atoms with Gasteiger partial charge in [-0.1, -0.05) is 115 Å². The number of para-hydroxylation sites is 1. The van der Waals surface area contributed by atoms with Gasteiger partial charge in [-0.15, -0.1) is 0 Å². The zero-order valence-electron chi connectivity index (χ0n) is 21.0. The topological polar surface area (TPSA) is 37.4 Å². The van der Waals surface area contributed by atoms with Gasteiger partial charge in [0, 0.05) is 11.8 Å². The van der Waals surface area contributed by atoms with Crippen molar-refractivity contribution in [1.82, 2.24) is 0 Å². The van der Waals surface area contributed by atoms with E-state index in [1.165, 1.54) is 4.90 Å². The Morgan fingerprint density at radius 2 is 0.821 bits per heavy atom. The van der Waals surface area contributed by atoms with E-state index in [0.717, 1.165) is 44.5 Å². The van der Waals surface area contributed by atoms with Crippen LogP contribution in [0.3, 0.4) is 0 Å². The minimum Gasteiger partial charge on any atom is -0.273 e. The fraction of sp³-hybridized carbons (Fsp3) is 0.111. The molecule has 2 saturated heterocycles. The zero-order chi connectivity index (χ0) is 25.9. The summed E-state index contributed by atoms with van der Waals surface area (Å²) in [4.78, 5) is 31.9. The second-order valence-electron chi connectivity index (χ2n) is 11.2. The molecule has 5 aromatic carbocycles. The van der Waals surface area contributed by atoms with Gasteiger partial charge in [-0.25, -0.2) is 4.90 Å². The highest BCUT2D eigenvalue weighted by molar-refractivity contribution is 6.30. The van der Waals surface area contributed by atoms with Crippen molar-refractivity contribution in [1.29, 1.82) is 0 Å². The standard InChI is InChI=1S/C36H23NO2/c38-33-35-29-20-10-8-16-25(29)23-14-4-6-18-27(23)31(35)36(34(39)37(33)22-12-2-1-3-13-22)30-21-11-9-17-26(30)24-15-5-7-19-28(24)32(35)36/h1-21,31-32H. The molecule has 0 radical (unpaired) electrons. The number of piperidine rings is 2. The van der Waals surface area contributed by atoms with Crippen LogP contribution in [0.15, 0.2) is 127 Å². The summed E-state index contributed by atoms with van der Waals surface area (Å²) in [5.74, 6) is -0.829. The van der Waals surface area contributed by atoms with Gasteiger partial charge >= 0.3 is 0 Å². The van der Waals surface area contributed by atoms with Crippen LogP contribution in [0, 0.1) is 0 Å². The van der Waals surface area contributed by atoms with Crippen LogP contribution in [0.4, 0.5) is 5.69 Å². The summed E-state index contributed by atoms with van der Waals surface area (Å²) in [6.45, 7) is 0. The molecule has 0 N–H and O–H groups in total. The molecule has 3 nitrogen and oxygen atoms in total. The Morgan fingerprint density at radius 1 is 0.436 bits per heavy atom. The Labute approximate surface area is 226 Å². The van der Waals surface area contributed by atoms with Crippen LogP contribution >= 0.6 is 0 Å². The monoisotopic (exact) mass is 501 g/mol. The van der Waals surface area contributed by atoms with Crippen LogP contribution in [-0.4, -0.2) is 11.8 Å². The van der Waals surface area contributed by atoms with Crippen molar-refractivity contribution in [3.8, 4) is 22.3 Å². The molecular weight excluding hydrogens is 478 g/mol. The van der Waals surface area contributed by atoms with E-state index in [1.807, 2.05) is 54.6 Å². The molecule has 3 aliphatic carbocycles. The van der Waals surface area contributed by atoms with Crippen LogP contribution < -0.4 is 4.90 Å². The lowest BCUT2D eigenvalue weighted by Gasteiger charge is -2.74. The van der Waals surface area contributed by atoms with E-state index in [1.54, 1.807) is 0 Å². The molecule has 0 atom stereocenters. The lowest BCUT2D eigenvalue weighted by Crippen LogP contribution is -2.83. The van der Waals surface area contributed by atoms with Gasteiger partial charge in [-0.3, -0.25) is 9.59 Å². The van der Waals surface area contributed by atoms with Gasteiger partial charge in [0.25, 0.3) is 0 Å². The van der Waals surface area contributed by atoms with Crippen molar-refractivity contribution in [3.05, 3.63) is 150 Å². The first-order valence-electron chi connectivity index (χ1n) is 13.5. The van der Waals surface area contributed by atoms with Gasteiger partial charge in [0.15, 0.2) is 0 Å². The predicted octanol–water partition coefficient (Wildman–Crippen LogP) is 6.98. The molecule has 3 fully saturated rings. The number of fused-ring (bicyclic) bond motifs is 8. The molecule has 2 bridgehead atoms. The fourth-order valence-corrected chi connectivity index (χ4v) is 8.70. The number of benzene rings is 5. The largest absolute Gasteiger partial charge is 0.273 e. The summed E-state index contributed by atoms with van der Waals surface area (Å²) >= 11 is 0. The van der Waals surface area contributed by atoms with Gasteiger partial charge in [-0.05, 0) is 56.6 Å². The molecule has 39 heavy (non-hydrogen) atoms. The molecule has 0 aromatic heterocycles. The minimum absolute atomic E-state index is 0.119. The van der Waals surface area contributed by atoms with Crippen molar-refractivity contribution in [2.24, 2.45) is 0 Å². The average Bonchev–Trinajstić information content (AvgIpc) is 2.98. The molecule has 1 saturated carbocycles. The first kappa shape index (κ1) is 21.2. The SMILES string of the molecule is O=C1N(c2ccccc2)C(=O)C23c4ccccc4-c4ccccc4C2C12c1ccccc1-c1ccccc1C23. The second-order valence-corrected chi connectivity index (χ2v) is 11.2. The number of hydrogen-bond acceptors (Lipinski definition) is 2. The number of hydrogen-bond donors (Lipinski definition) is 0. The van der Waals surface area contributed by atoms with Crippen molar-refractivity contribution in [2.75, 3.05) is 4.90 Å². The van der Waals surface area contributed by atoms with Gasteiger partial charge in [-0.2, -0.15) is 0 Å². The Kier molecular flexibility index (Phi) is 3.81. The van der Waals surface area contributed by atoms with E-state index in [2.05, 4.69) is 72.8 Å². The Morgan fingerprint density at radius 3 is 1.31 bits per heavy atom. The van der Waals surface area contributed by atoms with E-state index in [4.69, 9.17) is 0 Å². The average molecular weight is 502 g/mol. The molecule has 10 rings (SSSR count). The maximum atomic E-state index is 15.2. The van der Waals surface area contributed by atoms with Gasteiger partial charge in [0.2, 0.25) is 11.8 Å². The van der Waals surface area contributed by atoms with E-state index < -0.39 is 10.8 Å². The molecular formula is C36H23NO2. The minimum atomic E-state index is -0.904. The van der Waals surface area contributed by atoms with Crippen molar-refractivity contribution in [3.63, 3.8) is 0 Å². The third-order valence-corrected chi connectivity index (χ3v) is 9.82. The molecule has 2 amide bonds. The summed E-state index contributed by atoms with van der Waals surface area (Å²) in [5.41, 5.74) is 7.49. The number of amides is 2. The summed E-state index contributed by atoms with van der Waals surface area (Å²) in [6, 6.07) is 43.0. The van der Waals surface area contributed by atoms with Crippen LogP contribution in [0.5, 0.6) is 0 Å². The number of rotatable bonds is 1. The van der Waals surface area contributed by atoms with E-state index in [9.17, 15) is 0 Å². The second kappa shape index (κ2) is 7.00. The third-order valence-electron chi connectivity index (χ3n) is 9.82. The van der Waals surface area contributed by atoms with Gasteiger partial charge < -0.3 is 0 Å². The molecule has 0 unspecified atom stereocenters. The Bertz CT molecular complexity index is 1760. The van der Waals surface area contributed by atoms with Crippen LogP contribution in [0.25, 0.3) is 22.3 Å². The molecule has 184 valence electrons. The first-order valence-corrected chi connectivity index (χ1v) is 13.5. The molecule has 2 heterocycles. The Hall–Kier alpha value is -4.76. The van der Waals surface area contributed by atoms with Gasteiger partial charge in [0.05, 0.1) is 16.5 Å². The first-order chi connectivity index (χ1) is 19.2. The highest BCUT2D eigenvalue weighted by Gasteiger charge is 2.85. The highest BCUT2D eigenvalue weighted by Crippen LogP contribution is 2.81. The summed E-state index contributed by atoms with van der Waals surface area (Å²) in [6.07, 6.45) is 0. The summed E-state index contributed by atoms with van der Waals surface area (Å²) < 4.78 is 0. The smallest absolute Gasteiger partial charge is 0.245 e. The summed E-state index contributed by atoms with van der Waals surface area (Å²) in [7, 11) is 0. The predicted molar refractivity (Wildman–Crippen MR) is 152 cm³/mol. The molecule has 5 aromatic rings. The maximum absolute atomic E-state index is 15.2. The zero-order valence-corrected chi connectivity index (χ0v) is 21.0. The molecule has 2 aliphatic heterocycles. The number of nitrogens with zero attached hydrogens (tertiary/aromatic N) is 1. The van der Waals surface area contributed by atoms with Gasteiger partial charge in [0.1, 0.15) is 0 Å². The number of carbonyl (C=O) groups excluding carboxylic acids is 2. The molecule has 5 aliphatic rings. The van der Waals surface area contributed by atoms with Crippen LogP contribution in [0.2, 0.25) is 0 Å². The lowest BCUT2D eigenvalue weighted by atomic mass is 9.27. The highest BCUT2D eigenvalue weighted by atomic mass is 16.2. The van der Waals surface area contributed by atoms with E-state index >= 15 is 9.59 Å². The fourth-order valence-electron chi connectivity index (χ4n) is 8.70. The van der Waals surface area contributed by atoms with Crippen LogP contribution in [0.1, 0.15) is 34.1 Å². The normalized spacial score (nSPS) is 26.7. The number of imide groups is 1. The van der Waals surface area contributed by atoms with E-state index in [0.29, 0.717) is 5.69 Å². The van der Waals surface area contributed by atoms with Crippen molar-refractivity contribution < 1.29 is 9.59 Å². The van der Waals surface area contributed by atoms with Crippen molar-refractivity contribution >= 4 is 17.5 Å². The Balaban J connectivity index is 1.48. The van der Waals surface area contributed by atoms with E-state index in [-0.39, 0.29) is 23.7 Å². The molecule has 3 heteroatoms. The number of carbonyl (C=O) groups is 2. The van der Waals surface area contributed by atoms with Crippen LogP contribution in [-0.2, 0) is 20.4 Å². The summed E-state index contributed by atoms with van der Waals surface area (Å²) in [5, 5.41) is 0. The lowest BCUT2D eigenvalue weighted by molar-refractivity contribution is -0.158. The third kappa shape index (κ3) is 2.14. The maximum Gasteiger partial charge on any atom is 0.245 e. The molecule has 2 spiro atoms. The van der Waals surface area contributed by atoms with Crippen molar-refractivity contribution in [2.45, 2.75) is 22.7 Å².